The smallest absolute Gasteiger partial charge is 0.312 e. The Morgan fingerprint density at radius 1 is 1.05 bits per heavy atom. The van der Waals surface area contributed by atoms with Gasteiger partial charge in [0.15, 0.2) is 0 Å². The Hall–Kier alpha value is -1.59. The van der Waals surface area contributed by atoms with Crippen LogP contribution in [-0.2, 0) is 14.4 Å². The predicted octanol–water partition coefficient (Wildman–Crippen LogP) is -0.162. The van der Waals surface area contributed by atoms with Crippen LogP contribution in [0.25, 0.3) is 0 Å². The molecular formula is C14H23N3O3. The first-order chi connectivity index (χ1) is 9.40. The Morgan fingerprint density at radius 3 is 2.00 bits per heavy atom. The molecule has 0 aromatic carbocycles. The molecule has 1 aliphatic heterocycles. The second kappa shape index (κ2) is 5.81. The normalized spacial score (nSPS) is 25.6. The van der Waals surface area contributed by atoms with Crippen molar-refractivity contribution in [2.75, 3.05) is 26.2 Å². The topological polar surface area (TPSA) is 69.7 Å². The summed E-state index contributed by atoms with van der Waals surface area (Å²) in [6.45, 7) is 7.66. The fourth-order valence-electron chi connectivity index (χ4n) is 2.50. The Balaban J connectivity index is 1.80. The summed E-state index contributed by atoms with van der Waals surface area (Å²) in [6.07, 6.45) is 0.981. The molecule has 0 radical (unpaired) electrons. The van der Waals surface area contributed by atoms with E-state index in [2.05, 4.69) is 12.2 Å². The number of hydrogen-bond donors (Lipinski definition) is 1. The zero-order valence-electron chi connectivity index (χ0n) is 12.4. The summed E-state index contributed by atoms with van der Waals surface area (Å²) >= 11 is 0. The van der Waals surface area contributed by atoms with E-state index in [1.54, 1.807) is 0 Å². The summed E-state index contributed by atoms with van der Waals surface area (Å²) in [5, 5.41) is 2.60. The molecule has 1 aliphatic carbocycles. The molecule has 2 unspecified atom stereocenters. The maximum atomic E-state index is 12.1. The molecule has 6 heteroatoms. The van der Waals surface area contributed by atoms with Crippen LogP contribution in [0.15, 0.2) is 0 Å². The molecule has 112 valence electrons. The number of amides is 3. The Morgan fingerprint density at radius 2 is 1.55 bits per heavy atom. The van der Waals surface area contributed by atoms with Gasteiger partial charge in [-0.1, -0.05) is 6.92 Å². The third-order valence-electron chi connectivity index (χ3n) is 3.92. The minimum atomic E-state index is -0.560. The van der Waals surface area contributed by atoms with Crippen molar-refractivity contribution in [3.63, 3.8) is 0 Å². The van der Waals surface area contributed by atoms with Gasteiger partial charge in [-0.3, -0.25) is 14.4 Å². The minimum absolute atomic E-state index is 0.0503. The van der Waals surface area contributed by atoms with E-state index < -0.39 is 11.8 Å². The number of nitrogens with zero attached hydrogens (tertiary/aromatic N) is 2. The molecule has 0 spiro atoms. The Labute approximate surface area is 119 Å². The van der Waals surface area contributed by atoms with Crippen LogP contribution in [0.3, 0.4) is 0 Å². The molecule has 0 aromatic heterocycles. The average molecular weight is 281 g/mol. The van der Waals surface area contributed by atoms with Crippen LogP contribution < -0.4 is 5.32 Å². The highest BCUT2D eigenvalue weighted by atomic mass is 16.2. The largest absolute Gasteiger partial charge is 0.346 e. The molecule has 1 saturated heterocycles. The van der Waals surface area contributed by atoms with Gasteiger partial charge in [0.25, 0.3) is 0 Å². The number of piperazine rings is 1. The summed E-state index contributed by atoms with van der Waals surface area (Å²) in [4.78, 5) is 39.0. The highest BCUT2D eigenvalue weighted by Crippen LogP contribution is 2.39. The van der Waals surface area contributed by atoms with Gasteiger partial charge >= 0.3 is 11.8 Å². The number of hydrogen-bond acceptors (Lipinski definition) is 3. The van der Waals surface area contributed by atoms with Crippen molar-refractivity contribution in [1.82, 2.24) is 15.1 Å². The molecule has 2 rings (SSSR count). The molecule has 1 heterocycles. The molecule has 1 N–H and O–H groups in total. The van der Waals surface area contributed by atoms with Gasteiger partial charge in [0.2, 0.25) is 5.91 Å². The molecule has 1 saturated carbocycles. The van der Waals surface area contributed by atoms with Gasteiger partial charge < -0.3 is 15.1 Å². The van der Waals surface area contributed by atoms with E-state index in [0.717, 1.165) is 6.42 Å². The van der Waals surface area contributed by atoms with Crippen molar-refractivity contribution in [3.8, 4) is 0 Å². The van der Waals surface area contributed by atoms with Gasteiger partial charge in [-0.25, -0.2) is 0 Å². The molecule has 2 atom stereocenters. The number of carbonyl (C=O) groups is 3. The molecule has 0 aromatic rings. The van der Waals surface area contributed by atoms with E-state index in [1.165, 1.54) is 4.90 Å². The van der Waals surface area contributed by atoms with Crippen molar-refractivity contribution in [2.24, 2.45) is 11.8 Å². The minimum Gasteiger partial charge on any atom is -0.346 e. The van der Waals surface area contributed by atoms with Crippen molar-refractivity contribution in [3.05, 3.63) is 0 Å². The van der Waals surface area contributed by atoms with Gasteiger partial charge in [-0.15, -0.1) is 0 Å². The van der Waals surface area contributed by atoms with Crippen LogP contribution in [0.2, 0.25) is 0 Å². The van der Waals surface area contributed by atoms with Gasteiger partial charge in [-0.2, -0.15) is 0 Å². The van der Waals surface area contributed by atoms with E-state index in [4.69, 9.17) is 0 Å². The average Bonchev–Trinajstić information content (AvgIpc) is 3.13. The lowest BCUT2D eigenvalue weighted by Gasteiger charge is -2.34. The van der Waals surface area contributed by atoms with Crippen LogP contribution in [0.4, 0.5) is 0 Å². The SMILES string of the molecule is CC(C)NC(=O)C(=O)N1CCN(C(=O)C2CC2C)CC1. The van der Waals surface area contributed by atoms with Crippen LogP contribution in [0.5, 0.6) is 0 Å². The fraction of sp³-hybridized carbons (Fsp3) is 0.786. The third-order valence-corrected chi connectivity index (χ3v) is 3.92. The van der Waals surface area contributed by atoms with Crippen molar-refractivity contribution < 1.29 is 14.4 Å². The quantitative estimate of drug-likeness (QED) is 0.715. The summed E-state index contributed by atoms with van der Waals surface area (Å²) in [7, 11) is 0. The lowest BCUT2D eigenvalue weighted by Crippen LogP contribution is -2.54. The molecule has 20 heavy (non-hydrogen) atoms. The predicted molar refractivity (Wildman–Crippen MR) is 73.7 cm³/mol. The van der Waals surface area contributed by atoms with E-state index in [-0.39, 0.29) is 17.9 Å². The monoisotopic (exact) mass is 281 g/mol. The first-order valence-corrected chi connectivity index (χ1v) is 7.28. The van der Waals surface area contributed by atoms with E-state index >= 15 is 0 Å². The zero-order chi connectivity index (χ0) is 14.9. The van der Waals surface area contributed by atoms with Gasteiger partial charge in [0.05, 0.1) is 0 Å². The summed E-state index contributed by atoms with van der Waals surface area (Å²) in [5.74, 6) is -0.169. The van der Waals surface area contributed by atoms with Crippen molar-refractivity contribution in [2.45, 2.75) is 33.2 Å². The first-order valence-electron chi connectivity index (χ1n) is 7.28. The van der Waals surface area contributed by atoms with Crippen LogP contribution in [0.1, 0.15) is 27.2 Å². The molecule has 2 aliphatic rings. The Bertz CT molecular complexity index is 414. The maximum Gasteiger partial charge on any atom is 0.312 e. The van der Waals surface area contributed by atoms with Gasteiger partial charge in [0.1, 0.15) is 0 Å². The van der Waals surface area contributed by atoms with Crippen LogP contribution >= 0.6 is 0 Å². The lowest BCUT2D eigenvalue weighted by molar-refractivity contribution is -0.148. The number of carbonyl (C=O) groups excluding carboxylic acids is 3. The second-order valence-electron chi connectivity index (χ2n) is 6.07. The molecule has 2 fully saturated rings. The van der Waals surface area contributed by atoms with Crippen molar-refractivity contribution >= 4 is 17.7 Å². The van der Waals surface area contributed by atoms with E-state index in [0.29, 0.717) is 32.1 Å². The highest BCUT2D eigenvalue weighted by Gasteiger charge is 2.42. The third kappa shape index (κ3) is 3.29. The number of nitrogens with one attached hydrogen (secondary N) is 1. The standard InChI is InChI=1S/C14H23N3O3/c1-9(2)15-12(18)14(20)17-6-4-16(5-7-17)13(19)11-8-10(11)3/h9-11H,4-8H2,1-3H3,(H,15,18). The first kappa shape index (κ1) is 14.8. The summed E-state index contributed by atoms with van der Waals surface area (Å²) in [6, 6.07) is -0.0503. The van der Waals surface area contributed by atoms with Crippen LogP contribution in [0, 0.1) is 11.8 Å². The van der Waals surface area contributed by atoms with E-state index in [9.17, 15) is 14.4 Å². The van der Waals surface area contributed by atoms with Gasteiger partial charge in [0, 0.05) is 38.1 Å². The molecule has 3 amide bonds. The Kier molecular flexibility index (Phi) is 4.30. The maximum absolute atomic E-state index is 12.1. The van der Waals surface area contributed by atoms with Gasteiger partial charge in [-0.05, 0) is 26.2 Å². The molecule has 0 bridgehead atoms. The molecular weight excluding hydrogens is 258 g/mol. The van der Waals surface area contributed by atoms with Crippen molar-refractivity contribution in [1.29, 1.82) is 0 Å². The fourth-order valence-corrected chi connectivity index (χ4v) is 2.50. The lowest BCUT2D eigenvalue weighted by atomic mass is 10.2. The molecule has 6 nitrogen and oxygen atoms in total. The summed E-state index contributed by atoms with van der Waals surface area (Å²) in [5.41, 5.74) is 0. The highest BCUT2D eigenvalue weighted by molar-refractivity contribution is 6.35. The summed E-state index contributed by atoms with van der Waals surface area (Å²) < 4.78 is 0. The number of rotatable bonds is 2. The zero-order valence-corrected chi connectivity index (χ0v) is 12.4. The second-order valence-corrected chi connectivity index (χ2v) is 6.07. The van der Waals surface area contributed by atoms with E-state index in [1.807, 2.05) is 18.7 Å². The van der Waals surface area contributed by atoms with Crippen LogP contribution in [-0.4, -0.2) is 59.7 Å².